The average molecular weight is 271 g/mol. The van der Waals surface area contributed by atoms with Crippen LogP contribution in [0.3, 0.4) is 0 Å². The molecular weight excluding hydrogens is 246 g/mol. The third-order valence-corrected chi connectivity index (χ3v) is 4.83. The summed E-state index contributed by atoms with van der Waals surface area (Å²) in [4.78, 5) is 2.46. The van der Waals surface area contributed by atoms with Crippen molar-refractivity contribution in [2.24, 2.45) is 5.92 Å². The van der Waals surface area contributed by atoms with Gasteiger partial charge in [-0.1, -0.05) is 37.3 Å². The van der Waals surface area contributed by atoms with Crippen molar-refractivity contribution in [3.05, 3.63) is 35.9 Å². The molecule has 0 aliphatic carbocycles. The molecule has 0 amide bonds. The number of piperidine rings is 1. The molecule has 2 rings (SSSR count). The molecule has 20 heavy (non-hydrogen) atoms. The summed E-state index contributed by atoms with van der Waals surface area (Å²) in [6, 6.07) is 13.1. The minimum absolute atomic E-state index is 0.536. The van der Waals surface area contributed by atoms with E-state index in [1.54, 1.807) is 0 Å². The molecule has 0 saturated carbocycles. The summed E-state index contributed by atoms with van der Waals surface area (Å²) in [5, 5.41) is 13.0. The van der Waals surface area contributed by atoms with Gasteiger partial charge in [0, 0.05) is 12.6 Å². The van der Waals surface area contributed by atoms with Crippen LogP contribution in [-0.4, -0.2) is 31.1 Å². The largest absolute Gasteiger partial charge is 0.298 e. The van der Waals surface area contributed by atoms with Gasteiger partial charge in [0.2, 0.25) is 0 Å². The Morgan fingerprint density at radius 3 is 2.65 bits per heavy atom. The quantitative estimate of drug-likeness (QED) is 0.915. The van der Waals surface area contributed by atoms with Gasteiger partial charge in [-0.05, 0) is 44.8 Å². The van der Waals surface area contributed by atoms with Crippen molar-refractivity contribution in [2.75, 3.05) is 20.1 Å². The molecule has 1 aromatic rings. The van der Waals surface area contributed by atoms with Crippen molar-refractivity contribution < 1.29 is 0 Å². The van der Waals surface area contributed by atoms with Crippen molar-refractivity contribution in [2.45, 2.75) is 38.3 Å². The van der Waals surface area contributed by atoms with Gasteiger partial charge in [-0.25, -0.2) is 0 Å². The lowest BCUT2D eigenvalue weighted by Gasteiger charge is -2.42. The first-order valence-corrected chi connectivity index (χ1v) is 7.52. The van der Waals surface area contributed by atoms with Gasteiger partial charge in [0.05, 0.1) is 6.07 Å². The zero-order valence-electron chi connectivity index (χ0n) is 12.8. The van der Waals surface area contributed by atoms with Crippen LogP contribution in [0.4, 0.5) is 0 Å². The molecule has 1 heterocycles. The number of rotatable bonds is 4. The van der Waals surface area contributed by atoms with Crippen molar-refractivity contribution in [1.82, 2.24) is 10.2 Å². The predicted octanol–water partition coefficient (Wildman–Crippen LogP) is 2.75. The molecule has 3 unspecified atom stereocenters. The van der Waals surface area contributed by atoms with E-state index in [4.69, 9.17) is 0 Å². The molecule has 1 N–H and O–H groups in total. The van der Waals surface area contributed by atoms with E-state index in [9.17, 15) is 5.26 Å². The zero-order chi connectivity index (χ0) is 14.6. The molecule has 1 aromatic carbocycles. The van der Waals surface area contributed by atoms with E-state index in [2.05, 4.69) is 30.1 Å². The van der Waals surface area contributed by atoms with Gasteiger partial charge in [0.15, 0.2) is 0 Å². The fraction of sp³-hybridized carbons (Fsp3) is 0.588. The molecule has 0 spiro atoms. The first-order valence-electron chi connectivity index (χ1n) is 7.52. The lowest BCUT2D eigenvalue weighted by molar-refractivity contribution is 0.0905. The Morgan fingerprint density at radius 2 is 2.05 bits per heavy atom. The van der Waals surface area contributed by atoms with Crippen LogP contribution in [0.5, 0.6) is 0 Å². The third-order valence-electron chi connectivity index (χ3n) is 4.83. The minimum atomic E-state index is -0.618. The highest BCUT2D eigenvalue weighted by Gasteiger charge is 2.36. The first-order chi connectivity index (χ1) is 9.63. The van der Waals surface area contributed by atoms with Crippen LogP contribution in [0.2, 0.25) is 0 Å². The van der Waals surface area contributed by atoms with Crippen LogP contribution in [0.1, 0.15) is 32.3 Å². The Morgan fingerprint density at radius 1 is 1.35 bits per heavy atom. The molecule has 3 heteroatoms. The summed E-state index contributed by atoms with van der Waals surface area (Å²) in [5.74, 6) is 0.702. The average Bonchev–Trinajstić information content (AvgIpc) is 2.50. The first kappa shape index (κ1) is 15.0. The molecule has 108 valence electrons. The smallest absolute Gasteiger partial charge is 0.144 e. The fourth-order valence-electron chi connectivity index (χ4n) is 3.14. The summed E-state index contributed by atoms with van der Waals surface area (Å²) in [7, 11) is 1.88. The van der Waals surface area contributed by atoms with Crippen LogP contribution in [0.25, 0.3) is 0 Å². The van der Waals surface area contributed by atoms with Crippen LogP contribution >= 0.6 is 0 Å². The fourth-order valence-corrected chi connectivity index (χ4v) is 3.14. The summed E-state index contributed by atoms with van der Waals surface area (Å²) in [5.41, 5.74) is 0.433. The van der Waals surface area contributed by atoms with Gasteiger partial charge in [0.1, 0.15) is 5.54 Å². The SMILES string of the molecule is CNC(C#N)(CN1CCCC(C)C1C)c1ccccc1. The Balaban J connectivity index is 2.24. The van der Waals surface area contributed by atoms with Gasteiger partial charge in [0.25, 0.3) is 0 Å². The summed E-state index contributed by atoms with van der Waals surface area (Å²) in [6.07, 6.45) is 2.52. The zero-order valence-corrected chi connectivity index (χ0v) is 12.8. The number of nitrogens with zero attached hydrogens (tertiary/aromatic N) is 2. The molecule has 1 saturated heterocycles. The molecule has 3 atom stereocenters. The number of nitriles is 1. The second-order valence-corrected chi connectivity index (χ2v) is 5.96. The maximum atomic E-state index is 9.77. The van der Waals surface area contributed by atoms with Gasteiger partial charge < -0.3 is 0 Å². The van der Waals surface area contributed by atoms with Crippen LogP contribution in [0.15, 0.2) is 30.3 Å². The number of likely N-dealkylation sites (tertiary alicyclic amines) is 1. The number of benzene rings is 1. The van der Waals surface area contributed by atoms with Crippen molar-refractivity contribution in [3.8, 4) is 6.07 Å². The summed E-state index contributed by atoms with van der Waals surface area (Å²) >= 11 is 0. The van der Waals surface area contributed by atoms with Crippen molar-refractivity contribution in [3.63, 3.8) is 0 Å². The van der Waals surface area contributed by atoms with Crippen molar-refractivity contribution >= 4 is 0 Å². The maximum Gasteiger partial charge on any atom is 0.144 e. The van der Waals surface area contributed by atoms with Crippen LogP contribution in [-0.2, 0) is 5.54 Å². The second-order valence-electron chi connectivity index (χ2n) is 5.96. The summed E-state index contributed by atoms with van der Waals surface area (Å²) in [6.45, 7) is 6.43. The standard InChI is InChI=1S/C17H25N3/c1-14-8-7-11-20(15(14)2)13-17(12-18,19-3)16-9-5-4-6-10-16/h4-6,9-10,14-15,19H,7-8,11,13H2,1-3H3. The highest BCUT2D eigenvalue weighted by atomic mass is 15.2. The molecule has 0 aromatic heterocycles. The molecule has 1 fully saturated rings. The minimum Gasteiger partial charge on any atom is -0.298 e. The second kappa shape index (κ2) is 6.39. The maximum absolute atomic E-state index is 9.77. The van der Waals surface area contributed by atoms with Crippen LogP contribution in [0, 0.1) is 17.2 Å². The van der Waals surface area contributed by atoms with Gasteiger partial charge in [-0.15, -0.1) is 0 Å². The van der Waals surface area contributed by atoms with Crippen molar-refractivity contribution in [1.29, 1.82) is 5.26 Å². The lowest BCUT2D eigenvalue weighted by Crippen LogP contribution is -2.53. The molecule has 1 aliphatic heterocycles. The molecule has 3 nitrogen and oxygen atoms in total. The van der Waals surface area contributed by atoms with E-state index in [1.165, 1.54) is 12.8 Å². The van der Waals surface area contributed by atoms with Crippen LogP contribution < -0.4 is 5.32 Å². The Bertz CT molecular complexity index is 465. The predicted molar refractivity (Wildman–Crippen MR) is 82.2 cm³/mol. The van der Waals surface area contributed by atoms with Gasteiger partial charge in [-0.3, -0.25) is 10.2 Å². The Kier molecular flexibility index (Phi) is 4.80. The van der Waals surface area contributed by atoms with Gasteiger partial charge in [-0.2, -0.15) is 5.26 Å². The van der Waals surface area contributed by atoms with Gasteiger partial charge >= 0.3 is 0 Å². The van der Waals surface area contributed by atoms with E-state index in [0.29, 0.717) is 12.0 Å². The van der Waals surface area contributed by atoms with E-state index in [-0.39, 0.29) is 0 Å². The normalized spacial score (nSPS) is 26.7. The number of hydrogen-bond donors (Lipinski definition) is 1. The molecular formula is C17H25N3. The number of nitrogens with one attached hydrogen (secondary N) is 1. The lowest BCUT2D eigenvalue weighted by atomic mass is 9.86. The summed E-state index contributed by atoms with van der Waals surface area (Å²) < 4.78 is 0. The molecule has 0 bridgehead atoms. The van der Waals surface area contributed by atoms with E-state index < -0.39 is 5.54 Å². The topological polar surface area (TPSA) is 39.1 Å². The number of hydrogen-bond acceptors (Lipinski definition) is 3. The van der Waals surface area contributed by atoms with E-state index >= 15 is 0 Å². The monoisotopic (exact) mass is 271 g/mol. The third kappa shape index (κ3) is 2.87. The Labute approximate surface area is 122 Å². The highest BCUT2D eigenvalue weighted by molar-refractivity contribution is 5.32. The Hall–Kier alpha value is -1.37. The van der Waals surface area contributed by atoms with E-state index in [1.807, 2.05) is 37.4 Å². The molecule has 1 aliphatic rings. The highest BCUT2D eigenvalue weighted by Crippen LogP contribution is 2.28. The number of likely N-dealkylation sites (N-methyl/N-ethyl adjacent to an activating group) is 1. The molecule has 0 radical (unpaired) electrons. The van der Waals surface area contributed by atoms with E-state index in [0.717, 1.165) is 18.7 Å².